The lowest BCUT2D eigenvalue weighted by molar-refractivity contribution is 0.102. The van der Waals surface area contributed by atoms with E-state index in [-0.39, 0.29) is 5.91 Å². The van der Waals surface area contributed by atoms with Crippen molar-refractivity contribution in [2.24, 2.45) is 0 Å². The fraction of sp³-hybridized carbons (Fsp3) is 0.400. The lowest BCUT2D eigenvalue weighted by Gasteiger charge is -2.18. The average molecular weight is 382 g/mol. The molecular formula is C20H22N4O2S. The van der Waals surface area contributed by atoms with Gasteiger partial charge in [0.15, 0.2) is 0 Å². The van der Waals surface area contributed by atoms with E-state index in [4.69, 9.17) is 4.74 Å². The summed E-state index contributed by atoms with van der Waals surface area (Å²) in [6.45, 7) is 1.83. The molecule has 0 aliphatic heterocycles. The monoisotopic (exact) mass is 382 g/mol. The molecule has 1 aliphatic rings. The van der Waals surface area contributed by atoms with E-state index in [1.807, 2.05) is 31.2 Å². The Balaban J connectivity index is 1.54. The molecule has 140 valence electrons. The molecule has 4 rings (SSSR count). The van der Waals surface area contributed by atoms with Crippen molar-refractivity contribution in [2.45, 2.75) is 44.9 Å². The molecule has 1 N–H and O–H groups in total. The number of nitrogens with zero attached hydrogens (tertiary/aromatic N) is 3. The molecule has 1 amide bonds. The predicted molar refractivity (Wildman–Crippen MR) is 107 cm³/mol. The van der Waals surface area contributed by atoms with E-state index in [1.54, 1.807) is 7.11 Å². The lowest BCUT2D eigenvalue weighted by atomic mass is 9.90. The number of nitrogens with one attached hydrogen (secondary N) is 1. The van der Waals surface area contributed by atoms with Gasteiger partial charge in [-0.1, -0.05) is 30.6 Å². The minimum absolute atomic E-state index is 0.205. The highest BCUT2D eigenvalue weighted by molar-refractivity contribution is 7.15. The Hall–Kier alpha value is -2.54. The van der Waals surface area contributed by atoms with Crippen molar-refractivity contribution in [1.82, 2.24) is 15.2 Å². The Morgan fingerprint density at radius 2 is 2.00 bits per heavy atom. The molecule has 2 aromatic heterocycles. The van der Waals surface area contributed by atoms with E-state index >= 15 is 0 Å². The van der Waals surface area contributed by atoms with Crippen LogP contribution < -0.4 is 10.1 Å². The molecule has 7 heteroatoms. The number of hydrogen-bond acceptors (Lipinski definition) is 6. The lowest BCUT2D eigenvalue weighted by Crippen LogP contribution is -2.14. The Morgan fingerprint density at radius 1 is 1.19 bits per heavy atom. The zero-order valence-electron chi connectivity index (χ0n) is 15.5. The zero-order chi connectivity index (χ0) is 18.8. The van der Waals surface area contributed by atoms with Gasteiger partial charge in [-0.15, -0.1) is 10.2 Å². The van der Waals surface area contributed by atoms with E-state index in [2.05, 4.69) is 20.5 Å². The molecule has 1 aliphatic carbocycles. The van der Waals surface area contributed by atoms with Crippen LogP contribution in [0.2, 0.25) is 0 Å². The Morgan fingerprint density at radius 3 is 2.78 bits per heavy atom. The second kappa shape index (κ2) is 7.60. The van der Waals surface area contributed by atoms with Crippen LogP contribution in [0.5, 0.6) is 5.75 Å². The molecule has 0 atom stereocenters. The quantitative estimate of drug-likeness (QED) is 0.707. The van der Waals surface area contributed by atoms with Crippen LogP contribution in [0.3, 0.4) is 0 Å². The summed E-state index contributed by atoms with van der Waals surface area (Å²) >= 11 is 1.49. The highest BCUT2D eigenvalue weighted by Crippen LogP contribution is 2.35. The zero-order valence-corrected chi connectivity index (χ0v) is 16.3. The first-order valence-corrected chi connectivity index (χ1v) is 10.1. The third-order valence-electron chi connectivity index (χ3n) is 5.08. The number of hydrogen-bond donors (Lipinski definition) is 1. The number of anilines is 1. The predicted octanol–water partition coefficient (Wildman–Crippen LogP) is 4.70. The van der Waals surface area contributed by atoms with Crippen molar-refractivity contribution < 1.29 is 9.53 Å². The number of aryl methyl sites for hydroxylation is 1. The van der Waals surface area contributed by atoms with Gasteiger partial charge in [0.05, 0.1) is 23.9 Å². The van der Waals surface area contributed by atoms with Gasteiger partial charge in [-0.25, -0.2) is 0 Å². The van der Waals surface area contributed by atoms with Crippen LogP contribution in [0, 0.1) is 6.92 Å². The van der Waals surface area contributed by atoms with Gasteiger partial charge in [-0.2, -0.15) is 0 Å². The molecule has 0 radical (unpaired) electrons. The molecule has 6 nitrogen and oxygen atoms in total. The van der Waals surface area contributed by atoms with Gasteiger partial charge < -0.3 is 4.74 Å². The maximum absolute atomic E-state index is 12.8. The molecule has 3 aromatic rings. The minimum Gasteiger partial charge on any atom is -0.497 e. The largest absolute Gasteiger partial charge is 0.497 e. The highest BCUT2D eigenvalue weighted by atomic mass is 32.1. The summed E-state index contributed by atoms with van der Waals surface area (Å²) in [5.41, 5.74) is 2.02. The van der Waals surface area contributed by atoms with Crippen molar-refractivity contribution in [3.63, 3.8) is 0 Å². The number of benzene rings is 1. The third-order valence-corrected chi connectivity index (χ3v) is 6.08. The van der Waals surface area contributed by atoms with E-state index < -0.39 is 0 Å². The number of pyridine rings is 1. The topological polar surface area (TPSA) is 77.0 Å². The Labute approximate surface area is 162 Å². The van der Waals surface area contributed by atoms with Crippen LogP contribution in [0.1, 0.15) is 59.1 Å². The molecule has 0 unspecified atom stereocenters. The van der Waals surface area contributed by atoms with Gasteiger partial charge in [-0.05, 0) is 38.0 Å². The van der Waals surface area contributed by atoms with E-state index in [9.17, 15) is 4.79 Å². The van der Waals surface area contributed by atoms with Crippen LogP contribution in [0.15, 0.2) is 24.3 Å². The number of carbonyl (C=O) groups is 1. The fourth-order valence-corrected chi connectivity index (χ4v) is 4.47. The van der Waals surface area contributed by atoms with Crippen molar-refractivity contribution in [3.8, 4) is 5.75 Å². The van der Waals surface area contributed by atoms with E-state index in [1.165, 1.54) is 43.4 Å². The maximum atomic E-state index is 12.8. The van der Waals surface area contributed by atoms with Crippen molar-refractivity contribution in [2.75, 3.05) is 12.4 Å². The van der Waals surface area contributed by atoms with E-state index in [0.29, 0.717) is 22.3 Å². The Bertz CT molecular complexity index is 979. The summed E-state index contributed by atoms with van der Waals surface area (Å²) in [7, 11) is 1.62. The summed E-state index contributed by atoms with van der Waals surface area (Å²) in [6, 6.07) is 7.49. The highest BCUT2D eigenvalue weighted by Gasteiger charge is 2.21. The van der Waals surface area contributed by atoms with Gasteiger partial charge in [0.1, 0.15) is 10.8 Å². The molecule has 2 heterocycles. The summed E-state index contributed by atoms with van der Waals surface area (Å²) in [6.07, 6.45) is 6.13. The fourth-order valence-electron chi connectivity index (χ4n) is 3.56. The van der Waals surface area contributed by atoms with Crippen LogP contribution in [0.4, 0.5) is 5.13 Å². The molecule has 1 saturated carbocycles. The number of carbonyl (C=O) groups excluding carboxylic acids is 1. The first-order valence-electron chi connectivity index (χ1n) is 9.24. The summed E-state index contributed by atoms with van der Waals surface area (Å²) in [5.74, 6) is 1.03. The standard InChI is InChI=1S/C20H22N4O2S/c1-12-16(10-14-8-9-15(26-2)11-17(14)21-12)18(25)22-20-24-23-19(27-20)13-6-4-3-5-7-13/h8-11,13H,3-7H2,1-2H3,(H,22,24,25). The molecule has 0 spiro atoms. The van der Waals surface area contributed by atoms with Gasteiger partial charge in [-0.3, -0.25) is 15.1 Å². The van der Waals surface area contributed by atoms with Gasteiger partial charge >= 0.3 is 0 Å². The SMILES string of the molecule is COc1ccc2cc(C(=O)Nc3nnc(C4CCCCC4)s3)c(C)nc2c1. The van der Waals surface area contributed by atoms with Gasteiger partial charge in [0, 0.05) is 17.4 Å². The van der Waals surface area contributed by atoms with Crippen LogP contribution in [0.25, 0.3) is 10.9 Å². The van der Waals surface area contributed by atoms with E-state index in [0.717, 1.165) is 21.7 Å². The maximum Gasteiger partial charge on any atom is 0.259 e. The number of amides is 1. The van der Waals surface area contributed by atoms with Crippen LogP contribution in [-0.2, 0) is 0 Å². The molecule has 0 bridgehead atoms. The van der Waals surface area contributed by atoms with Crippen molar-refractivity contribution >= 4 is 33.3 Å². The molecule has 0 saturated heterocycles. The van der Waals surface area contributed by atoms with Gasteiger partial charge in [0.2, 0.25) is 5.13 Å². The van der Waals surface area contributed by atoms with Crippen molar-refractivity contribution in [1.29, 1.82) is 0 Å². The Kier molecular flexibility index (Phi) is 5.03. The number of ether oxygens (including phenoxy) is 1. The number of aromatic nitrogens is 3. The summed E-state index contributed by atoms with van der Waals surface area (Å²) in [4.78, 5) is 17.3. The van der Waals surface area contributed by atoms with Crippen LogP contribution >= 0.6 is 11.3 Å². The number of rotatable bonds is 4. The first-order chi connectivity index (χ1) is 13.1. The number of methoxy groups -OCH3 is 1. The second-order valence-corrected chi connectivity index (χ2v) is 7.92. The summed E-state index contributed by atoms with van der Waals surface area (Å²) in [5, 5.41) is 13.8. The molecular weight excluding hydrogens is 360 g/mol. The smallest absolute Gasteiger partial charge is 0.259 e. The normalized spacial score (nSPS) is 15.0. The number of fused-ring (bicyclic) bond motifs is 1. The van der Waals surface area contributed by atoms with Crippen molar-refractivity contribution in [3.05, 3.63) is 40.5 Å². The van der Waals surface area contributed by atoms with Crippen LogP contribution in [-0.4, -0.2) is 28.2 Å². The average Bonchev–Trinajstić information content (AvgIpc) is 3.16. The molecule has 27 heavy (non-hydrogen) atoms. The van der Waals surface area contributed by atoms with Gasteiger partial charge in [0.25, 0.3) is 5.91 Å². The third kappa shape index (κ3) is 3.78. The summed E-state index contributed by atoms with van der Waals surface area (Å²) < 4.78 is 5.24. The second-order valence-electron chi connectivity index (χ2n) is 6.91. The first kappa shape index (κ1) is 17.9. The molecule has 1 fully saturated rings. The minimum atomic E-state index is -0.205. The molecule has 1 aromatic carbocycles.